The summed E-state index contributed by atoms with van der Waals surface area (Å²) in [5, 5.41) is 9.07. The number of carbonyl (C=O) groups is 1. The van der Waals surface area contributed by atoms with E-state index in [4.69, 9.17) is 14.3 Å². The van der Waals surface area contributed by atoms with Crippen LogP contribution in [0.4, 0.5) is 6.01 Å². The van der Waals surface area contributed by atoms with E-state index >= 15 is 0 Å². The van der Waals surface area contributed by atoms with Gasteiger partial charge in [-0.05, 0) is 25.7 Å². The fourth-order valence-corrected chi connectivity index (χ4v) is 2.02. The van der Waals surface area contributed by atoms with E-state index in [1.54, 1.807) is 6.92 Å². The molecule has 100 valence electrons. The zero-order valence-corrected chi connectivity index (χ0v) is 10.5. The molecule has 1 aromatic heterocycles. The maximum atomic E-state index is 11.4. The molecule has 0 bridgehead atoms. The zero-order valence-electron chi connectivity index (χ0n) is 10.5. The fraction of sp³-hybridized carbons (Fsp3) is 0.667. The monoisotopic (exact) mass is 254 g/mol. The van der Waals surface area contributed by atoms with E-state index in [1.165, 1.54) is 6.26 Å². The van der Waals surface area contributed by atoms with E-state index in [-0.39, 0.29) is 12.3 Å². The number of esters is 1. The highest BCUT2D eigenvalue weighted by Gasteiger charge is 2.23. The molecule has 0 amide bonds. The van der Waals surface area contributed by atoms with Gasteiger partial charge in [0.25, 0.3) is 6.01 Å². The van der Waals surface area contributed by atoms with Crippen LogP contribution in [-0.4, -0.2) is 42.4 Å². The molecule has 1 N–H and O–H groups in total. The van der Waals surface area contributed by atoms with Gasteiger partial charge in [0, 0.05) is 19.7 Å². The Kier molecular flexibility index (Phi) is 4.19. The first kappa shape index (κ1) is 12.9. The Hall–Kier alpha value is -1.56. The van der Waals surface area contributed by atoms with Gasteiger partial charge in [-0.25, -0.2) is 4.79 Å². The molecular weight excluding hydrogens is 236 g/mol. The first-order valence-corrected chi connectivity index (χ1v) is 6.23. The molecule has 0 aromatic carbocycles. The summed E-state index contributed by atoms with van der Waals surface area (Å²) < 4.78 is 10.1. The van der Waals surface area contributed by atoms with Crippen LogP contribution in [0.5, 0.6) is 0 Å². The second kappa shape index (κ2) is 5.86. The topological polar surface area (TPSA) is 75.8 Å². The van der Waals surface area contributed by atoms with Crippen molar-refractivity contribution in [3.05, 3.63) is 12.0 Å². The van der Waals surface area contributed by atoms with Crippen LogP contribution in [0.2, 0.25) is 0 Å². The summed E-state index contributed by atoms with van der Waals surface area (Å²) in [6.07, 6.45) is 3.15. The molecule has 0 saturated carbocycles. The van der Waals surface area contributed by atoms with E-state index in [2.05, 4.69) is 4.98 Å². The summed E-state index contributed by atoms with van der Waals surface area (Å²) in [6, 6.07) is 0.453. The van der Waals surface area contributed by atoms with Crippen molar-refractivity contribution in [1.82, 2.24) is 4.98 Å². The number of carbonyl (C=O) groups excluding carboxylic acids is 1. The Labute approximate surface area is 106 Å². The first-order valence-electron chi connectivity index (χ1n) is 6.23. The average Bonchev–Trinajstić information content (AvgIpc) is 2.89. The second-order valence-electron chi connectivity index (χ2n) is 4.35. The lowest BCUT2D eigenvalue weighted by molar-refractivity contribution is 0.0519. The van der Waals surface area contributed by atoms with Crippen LogP contribution in [0.25, 0.3) is 0 Å². The number of aliphatic hydroxyl groups is 1. The molecule has 1 aliphatic rings. The molecule has 0 spiro atoms. The van der Waals surface area contributed by atoms with Crippen LogP contribution >= 0.6 is 0 Å². The van der Waals surface area contributed by atoms with Crippen molar-refractivity contribution in [3.63, 3.8) is 0 Å². The van der Waals surface area contributed by atoms with E-state index < -0.39 is 5.97 Å². The lowest BCUT2D eigenvalue weighted by atomic mass is 9.98. The van der Waals surface area contributed by atoms with Gasteiger partial charge in [0.2, 0.25) is 0 Å². The van der Waals surface area contributed by atoms with Crippen molar-refractivity contribution in [3.8, 4) is 0 Å². The van der Waals surface area contributed by atoms with E-state index in [0.29, 0.717) is 18.5 Å². The quantitative estimate of drug-likeness (QED) is 0.810. The summed E-state index contributed by atoms with van der Waals surface area (Å²) in [7, 11) is 0. The van der Waals surface area contributed by atoms with Gasteiger partial charge in [-0.2, -0.15) is 4.98 Å². The van der Waals surface area contributed by atoms with Crippen LogP contribution in [0.1, 0.15) is 30.3 Å². The van der Waals surface area contributed by atoms with Crippen LogP contribution < -0.4 is 4.90 Å². The minimum Gasteiger partial charge on any atom is -0.461 e. The van der Waals surface area contributed by atoms with Crippen LogP contribution in [0, 0.1) is 5.92 Å². The van der Waals surface area contributed by atoms with Gasteiger partial charge in [0.05, 0.1) is 6.61 Å². The summed E-state index contributed by atoms with van der Waals surface area (Å²) in [4.78, 5) is 17.5. The molecule has 2 heterocycles. The van der Waals surface area contributed by atoms with E-state index in [1.807, 2.05) is 4.90 Å². The molecular formula is C12H18N2O4. The van der Waals surface area contributed by atoms with Gasteiger partial charge in [-0.1, -0.05) is 0 Å². The number of nitrogens with zero attached hydrogens (tertiary/aromatic N) is 2. The number of rotatable bonds is 4. The number of oxazole rings is 1. The highest BCUT2D eigenvalue weighted by atomic mass is 16.5. The molecule has 0 radical (unpaired) electrons. The Morgan fingerprint density at radius 2 is 2.33 bits per heavy atom. The summed E-state index contributed by atoms with van der Waals surface area (Å²) in [5.41, 5.74) is 0.205. The van der Waals surface area contributed by atoms with Gasteiger partial charge in [-0.15, -0.1) is 0 Å². The Bertz CT molecular complexity index is 397. The van der Waals surface area contributed by atoms with Crippen molar-refractivity contribution < 1.29 is 19.1 Å². The number of piperidine rings is 1. The number of aromatic nitrogens is 1. The number of hydrogen-bond donors (Lipinski definition) is 1. The minimum absolute atomic E-state index is 0.205. The van der Waals surface area contributed by atoms with Crippen LogP contribution in [0.15, 0.2) is 10.7 Å². The van der Waals surface area contributed by atoms with E-state index in [9.17, 15) is 4.79 Å². The summed E-state index contributed by atoms with van der Waals surface area (Å²) in [5.74, 6) is -0.0986. The SMILES string of the molecule is CCOC(=O)c1coc(N2CCC(CO)CC2)n1. The normalized spacial score (nSPS) is 16.9. The van der Waals surface area contributed by atoms with Crippen molar-refractivity contribution in [2.24, 2.45) is 5.92 Å². The van der Waals surface area contributed by atoms with Gasteiger partial charge < -0.3 is 19.2 Å². The molecule has 18 heavy (non-hydrogen) atoms. The number of hydrogen-bond acceptors (Lipinski definition) is 6. The molecule has 1 fully saturated rings. The lowest BCUT2D eigenvalue weighted by Crippen LogP contribution is -2.34. The molecule has 6 nitrogen and oxygen atoms in total. The maximum absolute atomic E-state index is 11.4. The predicted octanol–water partition coefficient (Wildman–Crippen LogP) is 1.06. The molecule has 2 rings (SSSR count). The third-order valence-corrected chi connectivity index (χ3v) is 3.12. The molecule has 0 aliphatic carbocycles. The van der Waals surface area contributed by atoms with Gasteiger partial charge >= 0.3 is 5.97 Å². The average molecular weight is 254 g/mol. The Morgan fingerprint density at radius 1 is 1.61 bits per heavy atom. The van der Waals surface area contributed by atoms with Crippen molar-refractivity contribution in [2.45, 2.75) is 19.8 Å². The van der Waals surface area contributed by atoms with Gasteiger partial charge in [0.15, 0.2) is 5.69 Å². The summed E-state index contributed by atoms with van der Waals surface area (Å²) >= 11 is 0. The maximum Gasteiger partial charge on any atom is 0.360 e. The Morgan fingerprint density at radius 3 is 2.94 bits per heavy atom. The van der Waals surface area contributed by atoms with Crippen molar-refractivity contribution >= 4 is 12.0 Å². The minimum atomic E-state index is -0.460. The lowest BCUT2D eigenvalue weighted by Gasteiger charge is -2.29. The van der Waals surface area contributed by atoms with Crippen molar-refractivity contribution in [1.29, 1.82) is 0 Å². The number of ether oxygens (including phenoxy) is 1. The molecule has 6 heteroatoms. The molecule has 1 aliphatic heterocycles. The zero-order chi connectivity index (χ0) is 13.0. The molecule has 0 unspecified atom stereocenters. The van der Waals surface area contributed by atoms with Gasteiger partial charge in [-0.3, -0.25) is 0 Å². The molecule has 1 saturated heterocycles. The molecule has 0 atom stereocenters. The first-order chi connectivity index (χ1) is 8.74. The van der Waals surface area contributed by atoms with Gasteiger partial charge in [0.1, 0.15) is 6.26 Å². The number of anilines is 1. The molecule has 1 aromatic rings. The Balaban J connectivity index is 1.96. The standard InChI is InChI=1S/C12H18N2O4/c1-2-17-11(16)10-8-18-12(13-10)14-5-3-9(7-15)4-6-14/h8-9,15H,2-7H2,1H3. The second-order valence-corrected chi connectivity index (χ2v) is 4.35. The third kappa shape index (κ3) is 2.81. The predicted molar refractivity (Wildman–Crippen MR) is 64.5 cm³/mol. The van der Waals surface area contributed by atoms with Crippen LogP contribution in [-0.2, 0) is 4.74 Å². The fourth-order valence-electron chi connectivity index (χ4n) is 2.02. The highest BCUT2D eigenvalue weighted by Crippen LogP contribution is 2.22. The smallest absolute Gasteiger partial charge is 0.360 e. The van der Waals surface area contributed by atoms with Crippen LogP contribution in [0.3, 0.4) is 0 Å². The highest BCUT2D eigenvalue weighted by molar-refractivity contribution is 5.87. The van der Waals surface area contributed by atoms with E-state index in [0.717, 1.165) is 25.9 Å². The van der Waals surface area contributed by atoms with Crippen molar-refractivity contribution in [2.75, 3.05) is 31.2 Å². The number of aliphatic hydroxyl groups excluding tert-OH is 1. The largest absolute Gasteiger partial charge is 0.461 e. The summed E-state index contributed by atoms with van der Waals surface area (Å²) in [6.45, 7) is 3.87. The third-order valence-electron chi connectivity index (χ3n) is 3.12.